The van der Waals surface area contributed by atoms with Gasteiger partial charge in [-0.15, -0.1) is 11.3 Å². The molecule has 8 nitrogen and oxygen atoms in total. The number of nitrogens with one attached hydrogen (secondary N) is 2. The van der Waals surface area contributed by atoms with Crippen molar-refractivity contribution in [3.8, 4) is 11.4 Å². The lowest BCUT2D eigenvalue weighted by molar-refractivity contribution is -0.141. The molecular weight excluding hydrogens is 609 g/mol. The van der Waals surface area contributed by atoms with Crippen molar-refractivity contribution >= 4 is 40.3 Å². The molecule has 0 aliphatic carbocycles. The number of carboxylic acids is 1. The number of carboxylic acid groups (broad SMARTS) is 1. The van der Waals surface area contributed by atoms with E-state index in [1.54, 1.807) is 18.5 Å². The first-order valence-electron chi connectivity index (χ1n) is 15.3. The predicted octanol–water partition coefficient (Wildman–Crippen LogP) is 7.11. The average molecular weight is 649 g/mol. The van der Waals surface area contributed by atoms with Crippen LogP contribution >= 0.6 is 11.3 Å². The number of nitrogens with zero attached hydrogens (tertiary/aromatic N) is 2. The maximum Gasteiger partial charge on any atom is 0.325 e. The molecule has 0 aliphatic rings. The Morgan fingerprint density at radius 1 is 0.915 bits per heavy atom. The zero-order valence-corrected chi connectivity index (χ0v) is 28.1. The second-order valence-corrected chi connectivity index (χ2v) is 13.3. The van der Waals surface area contributed by atoms with Crippen molar-refractivity contribution in [2.45, 2.75) is 58.5 Å². The summed E-state index contributed by atoms with van der Waals surface area (Å²) >= 11 is 1.37. The number of aliphatic carboxylic acids is 1. The summed E-state index contributed by atoms with van der Waals surface area (Å²) in [6, 6.07) is 19.0. The van der Waals surface area contributed by atoms with Crippen LogP contribution in [-0.4, -0.2) is 44.9 Å². The second-order valence-electron chi connectivity index (χ2n) is 12.2. The lowest BCUT2D eigenvalue weighted by Crippen LogP contribution is -2.51. The van der Waals surface area contributed by atoms with Crippen molar-refractivity contribution < 1.29 is 19.5 Å². The first-order chi connectivity index (χ1) is 22.3. The van der Waals surface area contributed by atoms with Crippen LogP contribution in [-0.2, 0) is 21.4 Å². The summed E-state index contributed by atoms with van der Waals surface area (Å²) < 4.78 is 0. The maximum atomic E-state index is 13.2. The van der Waals surface area contributed by atoms with E-state index in [1.165, 1.54) is 18.3 Å². The highest BCUT2D eigenvalue weighted by Crippen LogP contribution is 2.29. The lowest BCUT2D eigenvalue weighted by atomic mass is 9.95. The molecule has 4 aromatic rings. The van der Waals surface area contributed by atoms with Gasteiger partial charge in [-0.25, -0.2) is 9.97 Å². The van der Waals surface area contributed by atoms with Gasteiger partial charge >= 0.3 is 5.97 Å². The van der Waals surface area contributed by atoms with Crippen LogP contribution in [0.5, 0.6) is 0 Å². The quantitative estimate of drug-likeness (QED) is 0.141. The molecule has 0 spiro atoms. The zero-order valence-electron chi connectivity index (χ0n) is 27.3. The number of rotatable bonds is 12. The molecule has 0 radical (unpaired) electrons. The first-order valence-corrected chi connectivity index (χ1v) is 16.1. The topological polar surface area (TPSA) is 121 Å². The van der Waals surface area contributed by atoms with Gasteiger partial charge in [-0.2, -0.15) is 0 Å². The summed E-state index contributed by atoms with van der Waals surface area (Å²) in [7, 11) is 0. The molecule has 0 saturated heterocycles. The normalized spacial score (nSPS) is 13.2. The third kappa shape index (κ3) is 9.43. The molecule has 2 amide bonds. The van der Waals surface area contributed by atoms with E-state index in [9.17, 15) is 19.5 Å². The molecule has 9 heteroatoms. The number of aromatic nitrogens is 2. The predicted molar refractivity (Wildman–Crippen MR) is 189 cm³/mol. The molecule has 242 valence electrons. The van der Waals surface area contributed by atoms with Crippen LogP contribution < -0.4 is 10.6 Å². The molecule has 4 rings (SSSR count). The molecule has 2 aromatic heterocycles. The number of benzene rings is 2. The Balaban J connectivity index is 1.45. The van der Waals surface area contributed by atoms with Gasteiger partial charge in [-0.05, 0) is 53.7 Å². The fourth-order valence-corrected chi connectivity index (χ4v) is 5.59. The highest BCUT2D eigenvalue weighted by atomic mass is 32.1. The largest absolute Gasteiger partial charge is 0.480 e. The fraction of sp³-hybridized carbons (Fsp3) is 0.237. The molecule has 3 N–H and O–H groups in total. The molecule has 0 aliphatic heterocycles. The Hall–Kier alpha value is -5.15. The highest BCUT2D eigenvalue weighted by Gasteiger charge is 2.26. The smallest absolute Gasteiger partial charge is 0.325 e. The summed E-state index contributed by atoms with van der Waals surface area (Å²) in [5.74, 6) is -1.61. The highest BCUT2D eigenvalue weighted by molar-refractivity contribution is 7.14. The Labute approximate surface area is 280 Å². The summed E-state index contributed by atoms with van der Waals surface area (Å²) in [6.07, 6.45) is 9.64. The zero-order chi connectivity index (χ0) is 34.1. The van der Waals surface area contributed by atoms with Crippen molar-refractivity contribution in [1.29, 1.82) is 0 Å². The molecule has 2 heterocycles. The fourth-order valence-electron chi connectivity index (χ4n) is 4.62. The number of carbonyl (C=O) groups is 3. The van der Waals surface area contributed by atoms with Crippen LogP contribution in [0.4, 0.5) is 0 Å². The van der Waals surface area contributed by atoms with E-state index in [0.29, 0.717) is 10.7 Å². The monoisotopic (exact) mass is 648 g/mol. The van der Waals surface area contributed by atoms with Crippen molar-refractivity contribution in [1.82, 2.24) is 20.6 Å². The van der Waals surface area contributed by atoms with E-state index in [4.69, 9.17) is 0 Å². The summed E-state index contributed by atoms with van der Waals surface area (Å²) in [4.78, 5) is 48.3. The standard InChI is InChI=1S/C38H40N4O4S/c1-7-27(28-11-9-8-10-12-28)16-13-24(2)30-22-39-34(40-23-30)29-17-14-26(15-18-29)21-31(35(43)41-25(3)37(45)46)42-36(44)32-19-20-33(47-32)38(4,5)6/h7-20,22-23,25,31H,2,21H2,1,3-6H3,(H,41,43)(H,42,44)(H,45,46)/b16-13-,27-7+/t25-,31+/m1/s1. The van der Waals surface area contributed by atoms with E-state index in [1.807, 2.05) is 73.7 Å². The maximum absolute atomic E-state index is 13.2. The van der Waals surface area contributed by atoms with Crippen molar-refractivity contribution in [3.63, 3.8) is 0 Å². The average Bonchev–Trinajstić information content (AvgIpc) is 3.57. The SMILES string of the molecule is C=C(/C=C\C(=C/C)c1ccccc1)c1cnc(-c2ccc(C[C@H](NC(=O)c3ccc(C(C)(C)C)s3)C(=O)N[C@H](C)C(=O)O)cc2)nc1. The molecule has 47 heavy (non-hydrogen) atoms. The van der Waals surface area contributed by atoms with Crippen LogP contribution in [0.1, 0.15) is 65.9 Å². The van der Waals surface area contributed by atoms with Crippen LogP contribution in [0.25, 0.3) is 22.5 Å². The minimum atomic E-state index is -1.17. The number of hydrogen-bond donors (Lipinski definition) is 3. The van der Waals surface area contributed by atoms with Crippen LogP contribution in [0.15, 0.2) is 104 Å². The third-order valence-electron chi connectivity index (χ3n) is 7.48. The number of allylic oxidation sites excluding steroid dienone is 5. The van der Waals surface area contributed by atoms with E-state index < -0.39 is 29.9 Å². The van der Waals surface area contributed by atoms with E-state index in [0.717, 1.165) is 38.3 Å². The van der Waals surface area contributed by atoms with Gasteiger partial charge in [0.05, 0.1) is 4.88 Å². The van der Waals surface area contributed by atoms with Gasteiger partial charge in [-0.3, -0.25) is 14.4 Å². The Bertz CT molecular complexity index is 1780. The second kappa shape index (κ2) is 15.4. The van der Waals surface area contributed by atoms with Crippen LogP contribution in [0.3, 0.4) is 0 Å². The number of hydrogen-bond acceptors (Lipinski definition) is 6. The minimum absolute atomic E-state index is 0.119. The molecular formula is C38H40N4O4S. The van der Waals surface area contributed by atoms with Crippen molar-refractivity contribution in [3.05, 3.63) is 130 Å². The number of carbonyl (C=O) groups excluding carboxylic acids is 2. The number of thiophene rings is 1. The van der Waals surface area contributed by atoms with E-state index >= 15 is 0 Å². The minimum Gasteiger partial charge on any atom is -0.480 e. The van der Waals surface area contributed by atoms with Gasteiger partial charge in [-0.1, -0.05) is 100 Å². The molecule has 0 fully saturated rings. The Kier molecular flexibility index (Phi) is 11.4. The molecule has 0 unspecified atom stereocenters. The Morgan fingerprint density at radius 2 is 1.57 bits per heavy atom. The van der Waals surface area contributed by atoms with Gasteiger partial charge in [0.15, 0.2) is 5.82 Å². The lowest BCUT2D eigenvalue weighted by Gasteiger charge is -2.20. The van der Waals surface area contributed by atoms with Crippen LogP contribution in [0.2, 0.25) is 0 Å². The van der Waals surface area contributed by atoms with Gasteiger partial charge in [0, 0.05) is 34.8 Å². The summed E-state index contributed by atoms with van der Waals surface area (Å²) in [6.45, 7) is 13.7. The third-order valence-corrected chi connectivity index (χ3v) is 8.99. The van der Waals surface area contributed by atoms with Gasteiger partial charge in [0.25, 0.3) is 5.91 Å². The first kappa shape index (κ1) is 34.7. The number of amides is 2. The van der Waals surface area contributed by atoms with E-state index in [2.05, 4.69) is 60.1 Å². The van der Waals surface area contributed by atoms with Crippen LogP contribution in [0, 0.1) is 0 Å². The molecule has 2 atom stereocenters. The van der Waals surface area contributed by atoms with Gasteiger partial charge in [0.2, 0.25) is 5.91 Å². The van der Waals surface area contributed by atoms with Crippen molar-refractivity contribution in [2.75, 3.05) is 0 Å². The van der Waals surface area contributed by atoms with Gasteiger partial charge in [0.1, 0.15) is 12.1 Å². The Morgan fingerprint density at radius 3 is 2.15 bits per heavy atom. The van der Waals surface area contributed by atoms with Crippen molar-refractivity contribution in [2.24, 2.45) is 0 Å². The molecule has 0 saturated carbocycles. The van der Waals surface area contributed by atoms with E-state index in [-0.39, 0.29) is 11.8 Å². The summed E-state index contributed by atoms with van der Waals surface area (Å²) in [5.41, 5.74) is 5.21. The summed E-state index contributed by atoms with van der Waals surface area (Å²) in [5, 5.41) is 14.6. The van der Waals surface area contributed by atoms with Gasteiger partial charge < -0.3 is 15.7 Å². The molecule has 2 aromatic carbocycles. The molecule has 0 bridgehead atoms.